The number of hydrogen-bond donors (Lipinski definition) is 2. The van der Waals surface area contributed by atoms with Gasteiger partial charge in [-0.25, -0.2) is 13.1 Å². The summed E-state index contributed by atoms with van der Waals surface area (Å²) in [6, 6.07) is 2.63. The zero-order valence-electron chi connectivity index (χ0n) is 11.1. The van der Waals surface area contributed by atoms with Crippen molar-refractivity contribution in [3.63, 3.8) is 0 Å². The van der Waals surface area contributed by atoms with Crippen LogP contribution in [-0.4, -0.2) is 38.2 Å². The van der Waals surface area contributed by atoms with Gasteiger partial charge >= 0.3 is 0 Å². The van der Waals surface area contributed by atoms with E-state index in [-0.39, 0.29) is 22.9 Å². The van der Waals surface area contributed by atoms with Gasteiger partial charge in [0.25, 0.3) is 5.69 Å². The molecule has 0 spiro atoms. The lowest BCUT2D eigenvalue weighted by Gasteiger charge is -2.15. The molecule has 8 nitrogen and oxygen atoms in total. The molecule has 112 valence electrons. The van der Waals surface area contributed by atoms with Gasteiger partial charge in [0.1, 0.15) is 10.6 Å². The van der Waals surface area contributed by atoms with Crippen molar-refractivity contribution in [3.05, 3.63) is 28.3 Å². The number of nitrogens with one attached hydrogen (secondary N) is 1. The summed E-state index contributed by atoms with van der Waals surface area (Å²) in [5.74, 6) is -0.00380. The minimum absolute atomic E-state index is 0.00380. The molecule has 1 atom stereocenters. The summed E-state index contributed by atoms with van der Waals surface area (Å²) in [6.45, 7) is 1.33. The topological polar surface area (TPSA) is 119 Å². The number of hydrogen-bond acceptors (Lipinski definition) is 6. The number of rotatable bonds is 7. The zero-order valence-corrected chi connectivity index (χ0v) is 11.9. The smallest absolute Gasteiger partial charge is 0.271 e. The van der Waals surface area contributed by atoms with E-state index in [1.165, 1.54) is 13.2 Å². The van der Waals surface area contributed by atoms with Crippen LogP contribution in [0.2, 0.25) is 0 Å². The molecule has 1 rings (SSSR count). The van der Waals surface area contributed by atoms with Crippen LogP contribution in [-0.2, 0) is 10.0 Å². The van der Waals surface area contributed by atoms with E-state index in [0.29, 0.717) is 6.42 Å². The third-order valence-electron chi connectivity index (χ3n) is 2.68. The molecule has 0 unspecified atom stereocenters. The Morgan fingerprint density at radius 1 is 1.50 bits per heavy atom. The van der Waals surface area contributed by atoms with Crippen molar-refractivity contribution in [2.24, 2.45) is 0 Å². The van der Waals surface area contributed by atoms with E-state index in [4.69, 9.17) is 9.84 Å². The van der Waals surface area contributed by atoms with Gasteiger partial charge in [0, 0.05) is 18.2 Å². The molecule has 0 bridgehead atoms. The van der Waals surface area contributed by atoms with Gasteiger partial charge < -0.3 is 9.84 Å². The number of benzene rings is 1. The van der Waals surface area contributed by atoms with Crippen LogP contribution in [0.5, 0.6) is 5.75 Å². The molecule has 0 aliphatic rings. The lowest BCUT2D eigenvalue weighted by molar-refractivity contribution is -0.385. The maximum atomic E-state index is 12.2. The largest absolute Gasteiger partial charge is 0.495 e. The highest BCUT2D eigenvalue weighted by Gasteiger charge is 2.25. The fourth-order valence-electron chi connectivity index (χ4n) is 1.52. The Hall–Kier alpha value is -1.71. The lowest BCUT2D eigenvalue weighted by atomic mass is 10.3. The molecule has 0 amide bonds. The summed E-state index contributed by atoms with van der Waals surface area (Å²) in [4.78, 5) is 9.70. The second-order valence-electron chi connectivity index (χ2n) is 4.00. The molecule has 1 aromatic rings. The standard InChI is InChI=1S/C11H16N2O6S/c1-3-8(7-14)12-20(17,18)11-6-9(13(15)16)4-5-10(11)19-2/h4-6,8,12,14H,3,7H2,1-2H3/t8-/m1/s1. The normalized spacial score (nSPS) is 12.9. The van der Waals surface area contributed by atoms with Gasteiger partial charge in [-0.2, -0.15) is 0 Å². The number of sulfonamides is 1. The minimum atomic E-state index is -4.02. The van der Waals surface area contributed by atoms with Crippen molar-refractivity contribution in [1.29, 1.82) is 0 Å². The Kier molecular flexibility index (Phi) is 5.43. The first kappa shape index (κ1) is 16.3. The first-order valence-electron chi connectivity index (χ1n) is 5.81. The molecule has 0 radical (unpaired) electrons. The molecular weight excluding hydrogens is 288 g/mol. The highest BCUT2D eigenvalue weighted by Crippen LogP contribution is 2.28. The van der Waals surface area contributed by atoms with E-state index in [1.807, 2.05) is 0 Å². The summed E-state index contributed by atoms with van der Waals surface area (Å²) in [5, 5.41) is 19.8. The third kappa shape index (κ3) is 3.65. The molecule has 20 heavy (non-hydrogen) atoms. The molecule has 0 saturated carbocycles. The second kappa shape index (κ2) is 6.64. The van der Waals surface area contributed by atoms with Gasteiger partial charge in [0.2, 0.25) is 10.0 Å². The van der Waals surface area contributed by atoms with Crippen LogP contribution < -0.4 is 9.46 Å². The van der Waals surface area contributed by atoms with Crippen LogP contribution in [0.15, 0.2) is 23.1 Å². The maximum absolute atomic E-state index is 12.2. The molecule has 0 saturated heterocycles. The molecule has 0 aliphatic carbocycles. The SMILES string of the molecule is CC[C@H](CO)NS(=O)(=O)c1cc([N+](=O)[O-])ccc1OC. The van der Waals surface area contributed by atoms with Crippen molar-refractivity contribution in [1.82, 2.24) is 4.72 Å². The highest BCUT2D eigenvalue weighted by atomic mass is 32.2. The molecule has 0 aliphatic heterocycles. The maximum Gasteiger partial charge on any atom is 0.271 e. The minimum Gasteiger partial charge on any atom is -0.495 e. The molecule has 0 aromatic heterocycles. The van der Waals surface area contributed by atoms with Crippen molar-refractivity contribution >= 4 is 15.7 Å². The van der Waals surface area contributed by atoms with Gasteiger partial charge in [-0.05, 0) is 12.5 Å². The molecular formula is C11H16N2O6S. The Balaban J connectivity index is 3.28. The van der Waals surface area contributed by atoms with Crippen LogP contribution in [0.1, 0.15) is 13.3 Å². The number of methoxy groups -OCH3 is 1. The van der Waals surface area contributed by atoms with E-state index < -0.39 is 21.0 Å². The number of non-ortho nitro benzene ring substituents is 1. The molecule has 0 fully saturated rings. The number of aliphatic hydroxyl groups is 1. The van der Waals surface area contributed by atoms with Crippen LogP contribution in [0.25, 0.3) is 0 Å². The first-order chi connectivity index (χ1) is 9.35. The fraction of sp³-hybridized carbons (Fsp3) is 0.455. The summed E-state index contributed by atoms with van der Waals surface area (Å²) < 4.78 is 31.6. The van der Waals surface area contributed by atoms with E-state index in [1.54, 1.807) is 6.92 Å². The fourth-order valence-corrected chi connectivity index (χ4v) is 3.02. The predicted octanol–water partition coefficient (Wildman–Crippen LogP) is 0.653. The summed E-state index contributed by atoms with van der Waals surface area (Å²) >= 11 is 0. The highest BCUT2D eigenvalue weighted by molar-refractivity contribution is 7.89. The van der Waals surface area contributed by atoms with Crippen molar-refractivity contribution in [2.45, 2.75) is 24.3 Å². The van der Waals surface area contributed by atoms with Crippen molar-refractivity contribution in [2.75, 3.05) is 13.7 Å². The van der Waals surface area contributed by atoms with E-state index >= 15 is 0 Å². The second-order valence-corrected chi connectivity index (χ2v) is 5.68. The van der Waals surface area contributed by atoms with Crippen LogP contribution in [0.3, 0.4) is 0 Å². The Morgan fingerprint density at radius 2 is 2.15 bits per heavy atom. The van der Waals surface area contributed by atoms with Gasteiger partial charge in [0.15, 0.2) is 0 Å². The average molecular weight is 304 g/mol. The third-order valence-corrected chi connectivity index (χ3v) is 4.22. The van der Waals surface area contributed by atoms with Gasteiger partial charge in [-0.1, -0.05) is 6.92 Å². The summed E-state index contributed by atoms with van der Waals surface area (Å²) in [6.07, 6.45) is 0.382. The quantitative estimate of drug-likeness (QED) is 0.564. The van der Waals surface area contributed by atoms with Crippen molar-refractivity contribution < 1.29 is 23.2 Å². The Labute approximate surface area is 116 Å². The van der Waals surface area contributed by atoms with E-state index in [0.717, 1.165) is 12.1 Å². The number of nitrogens with zero attached hydrogens (tertiary/aromatic N) is 1. The zero-order chi connectivity index (χ0) is 15.3. The van der Waals surface area contributed by atoms with Gasteiger partial charge in [0.05, 0.1) is 18.6 Å². The number of ether oxygens (including phenoxy) is 1. The molecule has 2 N–H and O–H groups in total. The molecule has 0 heterocycles. The predicted molar refractivity (Wildman–Crippen MR) is 71.1 cm³/mol. The first-order valence-corrected chi connectivity index (χ1v) is 7.29. The van der Waals surface area contributed by atoms with Crippen LogP contribution in [0, 0.1) is 10.1 Å². The van der Waals surface area contributed by atoms with Crippen LogP contribution >= 0.6 is 0 Å². The Bertz CT molecular complexity index is 583. The Morgan fingerprint density at radius 3 is 2.60 bits per heavy atom. The average Bonchev–Trinajstić information content (AvgIpc) is 2.43. The molecule has 9 heteroatoms. The summed E-state index contributed by atoms with van der Waals surface area (Å²) in [5.41, 5.74) is -0.358. The lowest BCUT2D eigenvalue weighted by Crippen LogP contribution is -2.37. The summed E-state index contributed by atoms with van der Waals surface area (Å²) in [7, 11) is -2.75. The van der Waals surface area contributed by atoms with Crippen LogP contribution in [0.4, 0.5) is 5.69 Å². The van der Waals surface area contributed by atoms with E-state index in [9.17, 15) is 18.5 Å². The van der Waals surface area contributed by atoms with Gasteiger partial charge in [-0.3, -0.25) is 10.1 Å². The van der Waals surface area contributed by atoms with Crippen molar-refractivity contribution in [3.8, 4) is 5.75 Å². The number of nitro benzene ring substituents is 1. The number of aliphatic hydroxyl groups excluding tert-OH is 1. The van der Waals surface area contributed by atoms with Gasteiger partial charge in [-0.15, -0.1) is 0 Å². The molecule has 1 aromatic carbocycles. The van der Waals surface area contributed by atoms with E-state index in [2.05, 4.69) is 4.72 Å². The number of nitro groups is 1. The monoisotopic (exact) mass is 304 g/mol.